The van der Waals surface area contributed by atoms with Gasteiger partial charge in [0.25, 0.3) is 0 Å². The van der Waals surface area contributed by atoms with Crippen molar-refractivity contribution in [1.29, 1.82) is 0 Å². The van der Waals surface area contributed by atoms with Gasteiger partial charge in [0.1, 0.15) is 35.1 Å². The number of carbonyl (C=O) groups is 1. The SMILES string of the molecule is CC(C)(C)c1cc2oc3c(c2c(C=NCC(=O)c2ccc(O)cc2O)c1O)CCCC3. The van der Waals surface area contributed by atoms with Gasteiger partial charge in [0, 0.05) is 40.8 Å². The van der Waals surface area contributed by atoms with E-state index in [0.29, 0.717) is 5.56 Å². The Hall–Kier alpha value is -3.28. The molecule has 3 N–H and O–H groups in total. The summed E-state index contributed by atoms with van der Waals surface area (Å²) in [6.07, 6.45) is 5.45. The van der Waals surface area contributed by atoms with Gasteiger partial charge in [0.05, 0.1) is 5.56 Å². The first-order valence-electron chi connectivity index (χ1n) is 10.5. The van der Waals surface area contributed by atoms with Gasteiger partial charge in [-0.05, 0) is 42.9 Å². The van der Waals surface area contributed by atoms with E-state index >= 15 is 0 Å². The monoisotopic (exact) mass is 421 g/mol. The first-order valence-corrected chi connectivity index (χ1v) is 10.5. The van der Waals surface area contributed by atoms with Crippen LogP contribution in [0.15, 0.2) is 33.7 Å². The zero-order chi connectivity index (χ0) is 22.3. The van der Waals surface area contributed by atoms with Gasteiger partial charge < -0.3 is 19.7 Å². The Bertz CT molecular complexity index is 1200. The molecular weight excluding hydrogens is 394 g/mol. The van der Waals surface area contributed by atoms with Crippen LogP contribution in [0, 0.1) is 0 Å². The van der Waals surface area contributed by atoms with Crippen molar-refractivity contribution in [3.8, 4) is 17.2 Å². The fraction of sp³-hybridized carbons (Fsp3) is 0.360. The van der Waals surface area contributed by atoms with E-state index in [1.165, 1.54) is 18.3 Å². The Kier molecular flexibility index (Phi) is 5.25. The lowest BCUT2D eigenvalue weighted by atomic mass is 9.83. The highest BCUT2D eigenvalue weighted by Crippen LogP contribution is 2.42. The molecule has 1 aliphatic rings. The number of aromatic hydroxyl groups is 3. The highest BCUT2D eigenvalue weighted by Gasteiger charge is 2.27. The van der Waals surface area contributed by atoms with E-state index in [0.717, 1.165) is 59.6 Å². The van der Waals surface area contributed by atoms with Crippen molar-refractivity contribution in [2.45, 2.75) is 51.9 Å². The molecule has 6 heteroatoms. The summed E-state index contributed by atoms with van der Waals surface area (Å²) in [5, 5.41) is 31.3. The number of fused-ring (bicyclic) bond motifs is 3. The van der Waals surface area contributed by atoms with E-state index in [-0.39, 0.29) is 40.6 Å². The van der Waals surface area contributed by atoms with E-state index < -0.39 is 0 Å². The average molecular weight is 421 g/mol. The van der Waals surface area contributed by atoms with E-state index in [9.17, 15) is 20.1 Å². The predicted octanol–water partition coefficient (Wildman–Crippen LogP) is 5.03. The summed E-state index contributed by atoms with van der Waals surface area (Å²) in [5.74, 6) is 0.327. The number of carbonyl (C=O) groups excluding carboxylic acids is 1. The van der Waals surface area contributed by atoms with Crippen molar-refractivity contribution in [1.82, 2.24) is 0 Å². The number of hydrogen-bond acceptors (Lipinski definition) is 6. The number of aryl methyl sites for hydroxylation is 2. The smallest absolute Gasteiger partial charge is 0.187 e. The molecule has 1 heterocycles. The van der Waals surface area contributed by atoms with Crippen molar-refractivity contribution in [2.24, 2.45) is 4.99 Å². The molecule has 0 fully saturated rings. The summed E-state index contributed by atoms with van der Waals surface area (Å²) >= 11 is 0. The van der Waals surface area contributed by atoms with E-state index in [1.54, 1.807) is 0 Å². The molecule has 4 rings (SSSR count). The van der Waals surface area contributed by atoms with Crippen LogP contribution in [-0.4, -0.2) is 33.9 Å². The molecule has 1 aliphatic carbocycles. The second-order valence-corrected chi connectivity index (χ2v) is 9.11. The lowest BCUT2D eigenvalue weighted by molar-refractivity contribution is 0.0999. The number of furan rings is 1. The van der Waals surface area contributed by atoms with Crippen molar-refractivity contribution in [2.75, 3.05) is 6.54 Å². The fourth-order valence-electron chi connectivity index (χ4n) is 4.21. The quantitative estimate of drug-likeness (QED) is 0.405. The van der Waals surface area contributed by atoms with Gasteiger partial charge in [-0.3, -0.25) is 9.79 Å². The molecule has 0 aliphatic heterocycles. The van der Waals surface area contributed by atoms with Crippen LogP contribution in [-0.2, 0) is 18.3 Å². The number of hydrogen-bond donors (Lipinski definition) is 3. The van der Waals surface area contributed by atoms with Gasteiger partial charge in [-0.1, -0.05) is 20.8 Å². The molecule has 0 atom stereocenters. The minimum atomic E-state index is -0.384. The van der Waals surface area contributed by atoms with Crippen LogP contribution in [0.3, 0.4) is 0 Å². The standard InChI is InChI=1S/C25H27NO5/c1-25(2,3)18-11-22-23(16-6-4-5-7-21(16)31-22)17(24(18)30)12-26-13-20(29)15-9-8-14(27)10-19(15)28/h8-12,27-28,30H,4-7,13H2,1-3H3. The molecule has 6 nitrogen and oxygen atoms in total. The van der Waals surface area contributed by atoms with Crippen molar-refractivity contribution < 1.29 is 24.5 Å². The first kappa shape index (κ1) is 21.0. The number of aliphatic imine (C=N–C) groups is 1. The molecule has 0 saturated heterocycles. The van der Waals surface area contributed by atoms with Gasteiger partial charge >= 0.3 is 0 Å². The molecule has 0 amide bonds. The number of phenolic OH excluding ortho intramolecular Hbond substituents is 3. The summed E-state index contributed by atoms with van der Waals surface area (Å²) in [4.78, 5) is 16.8. The van der Waals surface area contributed by atoms with Gasteiger partial charge in [-0.15, -0.1) is 0 Å². The van der Waals surface area contributed by atoms with Crippen molar-refractivity contribution in [3.63, 3.8) is 0 Å². The second kappa shape index (κ2) is 7.76. The largest absolute Gasteiger partial charge is 0.508 e. The molecule has 0 radical (unpaired) electrons. The van der Waals surface area contributed by atoms with Crippen molar-refractivity contribution >= 4 is 23.0 Å². The number of Topliss-reactive ketones (excluding diaryl/α,β-unsaturated/α-hetero) is 1. The van der Waals surface area contributed by atoms with Crippen LogP contribution in [0.2, 0.25) is 0 Å². The summed E-state index contributed by atoms with van der Waals surface area (Å²) in [6.45, 7) is 5.87. The highest BCUT2D eigenvalue weighted by molar-refractivity contribution is 6.05. The molecule has 3 aromatic rings. The van der Waals surface area contributed by atoms with Crippen molar-refractivity contribution in [3.05, 3.63) is 52.3 Å². The van der Waals surface area contributed by atoms with Crippen LogP contribution in [0.1, 0.15) is 66.4 Å². The molecule has 0 unspecified atom stereocenters. The Morgan fingerprint density at radius 1 is 1.13 bits per heavy atom. The Labute approximate surface area is 180 Å². The molecule has 1 aromatic heterocycles. The van der Waals surface area contributed by atoms with Gasteiger partial charge in [-0.2, -0.15) is 0 Å². The van der Waals surface area contributed by atoms with Crippen LogP contribution >= 0.6 is 0 Å². The van der Waals surface area contributed by atoms with Gasteiger partial charge in [-0.25, -0.2) is 0 Å². The first-order chi connectivity index (χ1) is 14.7. The number of rotatable bonds is 4. The maximum absolute atomic E-state index is 12.5. The third kappa shape index (κ3) is 3.90. The van der Waals surface area contributed by atoms with Gasteiger partial charge in [0.2, 0.25) is 0 Å². The fourth-order valence-corrected chi connectivity index (χ4v) is 4.21. The molecule has 0 spiro atoms. The third-order valence-electron chi connectivity index (χ3n) is 5.80. The summed E-state index contributed by atoms with van der Waals surface area (Å²) < 4.78 is 6.15. The minimum Gasteiger partial charge on any atom is -0.508 e. The molecular formula is C25H27NO5. The Morgan fingerprint density at radius 3 is 2.58 bits per heavy atom. The summed E-state index contributed by atoms with van der Waals surface area (Å²) in [7, 11) is 0. The Balaban J connectivity index is 1.75. The summed E-state index contributed by atoms with van der Waals surface area (Å²) in [6, 6.07) is 5.75. The molecule has 0 saturated carbocycles. The van der Waals surface area contributed by atoms with Crippen LogP contribution in [0.4, 0.5) is 0 Å². The van der Waals surface area contributed by atoms with E-state index in [4.69, 9.17) is 4.42 Å². The Morgan fingerprint density at radius 2 is 1.87 bits per heavy atom. The lowest BCUT2D eigenvalue weighted by Crippen LogP contribution is -2.12. The molecule has 0 bridgehead atoms. The van der Waals surface area contributed by atoms with E-state index in [2.05, 4.69) is 4.99 Å². The maximum atomic E-state index is 12.5. The maximum Gasteiger partial charge on any atom is 0.187 e. The van der Waals surface area contributed by atoms with Crippen LogP contribution in [0.25, 0.3) is 11.0 Å². The predicted molar refractivity (Wildman–Crippen MR) is 120 cm³/mol. The van der Waals surface area contributed by atoms with Gasteiger partial charge in [0.15, 0.2) is 5.78 Å². The molecule has 162 valence electrons. The lowest BCUT2D eigenvalue weighted by Gasteiger charge is -2.21. The minimum absolute atomic E-state index is 0.0912. The molecule has 2 aromatic carbocycles. The zero-order valence-corrected chi connectivity index (χ0v) is 18.0. The highest BCUT2D eigenvalue weighted by atomic mass is 16.3. The van der Waals surface area contributed by atoms with Crippen LogP contribution < -0.4 is 0 Å². The topological polar surface area (TPSA) is 103 Å². The number of phenols is 3. The zero-order valence-electron chi connectivity index (χ0n) is 18.0. The van der Waals surface area contributed by atoms with Crippen LogP contribution in [0.5, 0.6) is 17.2 Å². The number of ketones is 1. The molecule has 31 heavy (non-hydrogen) atoms. The average Bonchev–Trinajstić information content (AvgIpc) is 3.06. The third-order valence-corrected chi connectivity index (χ3v) is 5.80. The second-order valence-electron chi connectivity index (χ2n) is 9.11. The van der Waals surface area contributed by atoms with E-state index in [1.807, 2.05) is 26.8 Å². The summed E-state index contributed by atoms with van der Waals surface area (Å²) in [5.41, 5.74) is 2.96. The number of nitrogens with zero attached hydrogens (tertiary/aromatic N) is 1. The number of benzene rings is 2. The normalized spacial score (nSPS) is 14.3.